The van der Waals surface area contributed by atoms with E-state index in [2.05, 4.69) is 17.0 Å². The predicted molar refractivity (Wildman–Crippen MR) is 60.6 cm³/mol. The van der Waals surface area contributed by atoms with E-state index in [4.69, 9.17) is 0 Å². The molecule has 1 heterocycles. The van der Waals surface area contributed by atoms with E-state index in [9.17, 15) is 5.11 Å². The highest BCUT2D eigenvalue weighted by Gasteiger charge is 2.07. The van der Waals surface area contributed by atoms with Gasteiger partial charge in [-0.2, -0.15) is 5.10 Å². The average molecular weight is 211 g/mol. The van der Waals surface area contributed by atoms with Crippen LogP contribution in [0.2, 0.25) is 0 Å². The zero-order valence-corrected chi connectivity index (χ0v) is 10.1. The van der Waals surface area contributed by atoms with Crippen LogP contribution >= 0.6 is 0 Å². The topological polar surface area (TPSA) is 41.3 Å². The Morgan fingerprint density at radius 1 is 1.60 bits per heavy atom. The number of aliphatic hydroxyl groups excluding tert-OH is 1. The van der Waals surface area contributed by atoms with Gasteiger partial charge in [-0.15, -0.1) is 0 Å². The van der Waals surface area contributed by atoms with E-state index in [0.29, 0.717) is 0 Å². The predicted octanol–water partition coefficient (Wildman–Crippen LogP) is 0.931. The summed E-state index contributed by atoms with van der Waals surface area (Å²) in [5.41, 5.74) is 2.34. The molecule has 0 fully saturated rings. The van der Waals surface area contributed by atoms with Gasteiger partial charge < -0.3 is 10.0 Å². The monoisotopic (exact) mass is 211 g/mol. The van der Waals surface area contributed by atoms with Crippen molar-refractivity contribution in [2.45, 2.75) is 32.9 Å². The van der Waals surface area contributed by atoms with Crippen molar-refractivity contribution >= 4 is 0 Å². The molecule has 0 bridgehead atoms. The molecule has 1 unspecified atom stereocenters. The first-order valence-electron chi connectivity index (χ1n) is 5.34. The summed E-state index contributed by atoms with van der Waals surface area (Å²) in [4.78, 5) is 2.21. The smallest absolute Gasteiger partial charge is 0.0638 e. The Hall–Kier alpha value is -0.870. The summed E-state index contributed by atoms with van der Waals surface area (Å²) in [6.07, 6.45) is 2.65. The summed E-state index contributed by atoms with van der Waals surface area (Å²) >= 11 is 0. The Balaban J connectivity index is 2.44. The molecule has 86 valence electrons. The van der Waals surface area contributed by atoms with Crippen molar-refractivity contribution in [2.24, 2.45) is 7.05 Å². The largest absolute Gasteiger partial charge is 0.393 e. The van der Waals surface area contributed by atoms with Gasteiger partial charge in [-0.25, -0.2) is 0 Å². The molecule has 4 heteroatoms. The molecule has 0 aliphatic rings. The summed E-state index contributed by atoms with van der Waals surface area (Å²) in [7, 11) is 4.00. The summed E-state index contributed by atoms with van der Waals surface area (Å²) < 4.78 is 1.84. The van der Waals surface area contributed by atoms with Crippen LogP contribution in [0.4, 0.5) is 0 Å². The third-order valence-electron chi connectivity index (χ3n) is 2.48. The zero-order valence-electron chi connectivity index (χ0n) is 10.1. The fourth-order valence-corrected chi connectivity index (χ4v) is 1.58. The Morgan fingerprint density at radius 3 is 2.73 bits per heavy atom. The van der Waals surface area contributed by atoms with Crippen molar-refractivity contribution in [1.29, 1.82) is 0 Å². The molecule has 1 N–H and O–H groups in total. The van der Waals surface area contributed by atoms with E-state index in [1.807, 2.05) is 31.8 Å². The number of aliphatic hydroxyl groups is 1. The van der Waals surface area contributed by atoms with Crippen LogP contribution < -0.4 is 0 Å². The molecule has 0 spiro atoms. The minimum atomic E-state index is -0.220. The molecule has 15 heavy (non-hydrogen) atoms. The quantitative estimate of drug-likeness (QED) is 0.788. The maximum atomic E-state index is 9.18. The van der Waals surface area contributed by atoms with Crippen LogP contribution in [0.15, 0.2) is 6.20 Å². The van der Waals surface area contributed by atoms with Crippen molar-refractivity contribution < 1.29 is 5.11 Å². The van der Waals surface area contributed by atoms with Crippen molar-refractivity contribution in [3.8, 4) is 0 Å². The number of aromatic nitrogens is 2. The van der Waals surface area contributed by atoms with Crippen LogP contribution in [-0.2, 0) is 13.6 Å². The lowest BCUT2D eigenvalue weighted by Crippen LogP contribution is -2.22. The van der Waals surface area contributed by atoms with E-state index < -0.39 is 0 Å². The van der Waals surface area contributed by atoms with Crippen LogP contribution in [0.25, 0.3) is 0 Å². The van der Waals surface area contributed by atoms with Crippen molar-refractivity contribution in [3.63, 3.8) is 0 Å². The van der Waals surface area contributed by atoms with Gasteiger partial charge in [-0.05, 0) is 27.3 Å². The lowest BCUT2D eigenvalue weighted by Gasteiger charge is -2.16. The molecule has 0 amide bonds. The molecule has 0 aromatic carbocycles. The average Bonchev–Trinajstić information content (AvgIpc) is 2.42. The number of hydrogen-bond donors (Lipinski definition) is 1. The molecule has 1 aromatic rings. The SMILES string of the molecule is Cc1nn(C)cc1CN(C)CCC(C)O. The Labute approximate surface area is 91.5 Å². The molecule has 4 nitrogen and oxygen atoms in total. The highest BCUT2D eigenvalue weighted by molar-refractivity contribution is 5.14. The number of nitrogens with zero attached hydrogens (tertiary/aromatic N) is 3. The lowest BCUT2D eigenvalue weighted by molar-refractivity contribution is 0.163. The van der Waals surface area contributed by atoms with Crippen LogP contribution in [0.1, 0.15) is 24.6 Å². The van der Waals surface area contributed by atoms with Crippen LogP contribution in [-0.4, -0.2) is 39.5 Å². The molecular weight excluding hydrogens is 190 g/mol. The van der Waals surface area contributed by atoms with Crippen molar-refractivity contribution in [1.82, 2.24) is 14.7 Å². The third kappa shape index (κ3) is 4.01. The normalized spacial score (nSPS) is 13.5. The third-order valence-corrected chi connectivity index (χ3v) is 2.48. The first-order chi connectivity index (χ1) is 6.99. The number of rotatable bonds is 5. The zero-order chi connectivity index (χ0) is 11.4. The first-order valence-corrected chi connectivity index (χ1v) is 5.34. The van der Waals surface area contributed by atoms with Gasteiger partial charge in [0.25, 0.3) is 0 Å². The van der Waals surface area contributed by atoms with Gasteiger partial charge in [0.05, 0.1) is 11.8 Å². The van der Waals surface area contributed by atoms with Gasteiger partial charge in [0.2, 0.25) is 0 Å². The molecule has 1 atom stereocenters. The summed E-state index contributed by atoms with van der Waals surface area (Å²) in [6, 6.07) is 0. The first kappa shape index (κ1) is 12.2. The van der Waals surface area contributed by atoms with Crippen molar-refractivity contribution in [2.75, 3.05) is 13.6 Å². The highest BCUT2D eigenvalue weighted by Crippen LogP contribution is 2.08. The Morgan fingerprint density at radius 2 is 2.27 bits per heavy atom. The summed E-state index contributed by atoms with van der Waals surface area (Å²) in [5.74, 6) is 0. The Kier molecular flexibility index (Phi) is 4.29. The fraction of sp³-hybridized carbons (Fsp3) is 0.727. The van der Waals surface area contributed by atoms with Gasteiger partial charge in [0.15, 0.2) is 0 Å². The molecule has 1 rings (SSSR count). The maximum absolute atomic E-state index is 9.18. The lowest BCUT2D eigenvalue weighted by atomic mass is 10.2. The van der Waals surface area contributed by atoms with Gasteiger partial charge in [-0.3, -0.25) is 4.68 Å². The molecule has 0 radical (unpaired) electrons. The van der Waals surface area contributed by atoms with E-state index in [0.717, 1.165) is 25.2 Å². The highest BCUT2D eigenvalue weighted by atomic mass is 16.3. The van der Waals surface area contributed by atoms with E-state index in [1.165, 1.54) is 5.56 Å². The van der Waals surface area contributed by atoms with Crippen LogP contribution in [0.5, 0.6) is 0 Å². The number of aryl methyl sites for hydroxylation is 2. The molecule has 1 aromatic heterocycles. The fourth-order valence-electron chi connectivity index (χ4n) is 1.58. The minimum absolute atomic E-state index is 0.220. The van der Waals surface area contributed by atoms with Gasteiger partial charge in [-0.1, -0.05) is 0 Å². The van der Waals surface area contributed by atoms with Gasteiger partial charge in [0.1, 0.15) is 0 Å². The molecule has 0 saturated heterocycles. The standard InChI is InChI=1S/C11H21N3O/c1-9(15)5-6-13(3)7-11-8-14(4)12-10(11)2/h8-9,15H,5-7H2,1-4H3. The van der Waals surface area contributed by atoms with Crippen LogP contribution in [0, 0.1) is 6.92 Å². The summed E-state index contributed by atoms with van der Waals surface area (Å²) in [6.45, 7) is 5.65. The summed E-state index contributed by atoms with van der Waals surface area (Å²) in [5, 5.41) is 13.5. The van der Waals surface area contributed by atoms with E-state index >= 15 is 0 Å². The van der Waals surface area contributed by atoms with Gasteiger partial charge >= 0.3 is 0 Å². The molecule has 0 saturated carbocycles. The second-order valence-electron chi connectivity index (χ2n) is 4.29. The van der Waals surface area contributed by atoms with Crippen molar-refractivity contribution in [3.05, 3.63) is 17.5 Å². The van der Waals surface area contributed by atoms with E-state index in [1.54, 1.807) is 0 Å². The molecule has 0 aliphatic carbocycles. The van der Waals surface area contributed by atoms with E-state index in [-0.39, 0.29) is 6.10 Å². The number of hydrogen-bond acceptors (Lipinski definition) is 3. The van der Waals surface area contributed by atoms with Crippen LogP contribution in [0.3, 0.4) is 0 Å². The maximum Gasteiger partial charge on any atom is 0.0638 e. The van der Waals surface area contributed by atoms with Gasteiger partial charge in [0, 0.05) is 31.9 Å². The minimum Gasteiger partial charge on any atom is -0.393 e. The molecular formula is C11H21N3O. The molecule has 0 aliphatic heterocycles. The second-order valence-corrected chi connectivity index (χ2v) is 4.29. The second kappa shape index (κ2) is 5.28. The Bertz CT molecular complexity index is 307.